The van der Waals surface area contributed by atoms with Gasteiger partial charge in [0, 0.05) is 129 Å². The molecule has 5 amide bonds. The van der Waals surface area contributed by atoms with Crippen LogP contribution in [0.15, 0.2) is 211 Å². The van der Waals surface area contributed by atoms with Gasteiger partial charge >= 0.3 is 6.03 Å². The van der Waals surface area contributed by atoms with E-state index in [0.717, 1.165) is 131 Å². The van der Waals surface area contributed by atoms with Crippen molar-refractivity contribution in [1.29, 1.82) is 0 Å². The maximum atomic E-state index is 12.2. The molecule has 27 nitrogen and oxygen atoms in total. The fraction of sp³-hybridized carbons (Fsp3) is 0.372. The van der Waals surface area contributed by atoms with Gasteiger partial charge in [-0.3, -0.25) is 38.6 Å². The molecule has 27 heteroatoms. The number of benzene rings is 5. The average Bonchev–Trinajstić information content (AvgIpc) is 1.58. The predicted octanol–water partition coefficient (Wildman–Crippen LogP) is 14.0. The van der Waals surface area contributed by atoms with E-state index in [2.05, 4.69) is 133 Å². The first-order chi connectivity index (χ1) is 54.2. The van der Waals surface area contributed by atoms with E-state index in [1.54, 1.807) is 49.1 Å². The number of likely N-dealkylation sites (tertiary alicyclic amines) is 1. The van der Waals surface area contributed by atoms with E-state index in [4.69, 9.17) is 38.7 Å². The van der Waals surface area contributed by atoms with Crippen LogP contribution in [0.4, 0.5) is 4.79 Å². The van der Waals surface area contributed by atoms with Gasteiger partial charge in [0.05, 0.1) is 51.9 Å². The highest BCUT2D eigenvalue weighted by Crippen LogP contribution is 2.51. The summed E-state index contributed by atoms with van der Waals surface area (Å²) in [6.07, 6.45) is 15.6. The maximum absolute atomic E-state index is 12.2. The first-order valence-corrected chi connectivity index (χ1v) is 37.7. The minimum absolute atomic E-state index is 0.0340. The van der Waals surface area contributed by atoms with Crippen molar-refractivity contribution >= 4 is 98.6 Å². The molecule has 5 aromatic carbocycles. The van der Waals surface area contributed by atoms with Gasteiger partial charge in [-0.05, 0) is 114 Å². The monoisotopic (exact) mass is 1530 g/mol. The summed E-state index contributed by atoms with van der Waals surface area (Å²) in [5, 5.41) is 31.1. The molecule has 582 valence electrons. The second-order valence-electron chi connectivity index (χ2n) is 30.8. The summed E-state index contributed by atoms with van der Waals surface area (Å²) in [5.74, 6) is -0.888. The summed E-state index contributed by atoms with van der Waals surface area (Å²) < 4.78 is 0. The number of aryl methyl sites for hydroxylation is 1. The van der Waals surface area contributed by atoms with Crippen LogP contribution in [0.5, 0.6) is 0 Å². The molecule has 4 unspecified atom stereocenters. The number of hydrogen-bond donors (Lipinski definition) is 0. The minimum atomic E-state index is -1.40. The van der Waals surface area contributed by atoms with Crippen LogP contribution in [0.1, 0.15) is 202 Å². The van der Waals surface area contributed by atoms with E-state index in [0.29, 0.717) is 61.1 Å². The van der Waals surface area contributed by atoms with E-state index in [1.807, 2.05) is 71.9 Å². The molecule has 1 saturated heterocycles. The fourth-order valence-corrected chi connectivity index (χ4v) is 16.6. The Hall–Kier alpha value is -12.4. The Kier molecular flexibility index (Phi) is 21.5. The van der Waals surface area contributed by atoms with Gasteiger partial charge in [-0.1, -0.05) is 182 Å². The van der Waals surface area contributed by atoms with Gasteiger partial charge in [0.25, 0.3) is 17.4 Å². The lowest BCUT2D eigenvalue weighted by molar-refractivity contribution is -0.136. The van der Waals surface area contributed by atoms with Gasteiger partial charge < -0.3 is 38.7 Å². The molecule has 113 heavy (non-hydrogen) atoms. The molecular weight excluding hydrogens is 1440 g/mol. The highest BCUT2D eigenvalue weighted by atomic mass is 16.7. The van der Waals surface area contributed by atoms with Crippen molar-refractivity contribution in [3.8, 4) is 0 Å². The van der Waals surface area contributed by atoms with Crippen molar-refractivity contribution in [1.82, 2.24) is 14.7 Å². The van der Waals surface area contributed by atoms with Crippen molar-refractivity contribution < 1.29 is 72.3 Å². The molecule has 0 N–H and O–H groups in total. The number of urea groups is 1. The number of imide groups is 1. The molecule has 5 aliphatic carbocycles. The number of ketones is 3. The molecule has 11 heterocycles. The Balaban J connectivity index is 0.000000107. The number of carbonyl (C=O) groups excluding carboxylic acids is 7. The normalized spacial score (nSPS) is 26.0. The molecule has 0 radical (unpaired) electrons. The van der Waals surface area contributed by atoms with Crippen LogP contribution in [-0.2, 0) is 90.0 Å². The zero-order chi connectivity index (χ0) is 79.7. The van der Waals surface area contributed by atoms with Crippen LogP contribution < -0.4 is 0 Å². The molecule has 6 atom stereocenters. The first-order valence-electron chi connectivity index (χ1n) is 37.7. The number of hydrogen-bond acceptors (Lipinski definition) is 23. The number of amides is 5. The first kappa shape index (κ1) is 77.3. The number of aliphatic imine (C=N–C) groups is 1. The quantitative estimate of drug-likeness (QED) is 0.152. The van der Waals surface area contributed by atoms with Crippen LogP contribution in [0.25, 0.3) is 5.57 Å². The second kappa shape index (κ2) is 31.4. The Morgan fingerprint density at radius 2 is 0.841 bits per heavy atom. The van der Waals surface area contributed by atoms with Gasteiger partial charge in [-0.15, -0.1) is 0 Å². The zero-order valence-electron chi connectivity index (χ0n) is 64.4. The van der Waals surface area contributed by atoms with Crippen LogP contribution in [-0.4, -0.2) is 143 Å². The summed E-state index contributed by atoms with van der Waals surface area (Å²) in [6.45, 7) is 26.9. The standard InChI is InChI=1S/C13H13NO.C12H9NO3.C12H11NO2.2C12H13NO.C9H12N2O2.C9H10N2O2.C7H7N3O3/c1-9-7-13(8-10(2)14-15-13)12-6-4-3-5-11(9)12;1-7-6-12(16-13-7)10(14)8-4-2-3-5-9(8)11(12)15;1-8-6-12(15-13-8)7-9-4-2-3-5-10(9)11(12)14;1-9-6-12(14-13-9)7-10-4-2-3-5-11(10)8-12;1-9-8-12(14-13-9)7-6-10-4-2-3-5-11(10)12;2*1-6-5-9(13-10-6)11-7(2)3-4-8(11)12;1-4-2-6(13-9-4)10-5(11)3-8-7(10)12/h3-6H,1,7-8H2,2H3;2-5H,6H2,1H3;2-5H,6-7H2,1H3;2*2-5H,6-8H2,1H3;9H,2-5H2,1H3;3-4,9H,2,5H2,1H3;3,6H,2H2,1H3/t13-;;;;12-;;;/m1...1.../s1. The zero-order valence-corrected chi connectivity index (χ0v) is 64.4. The Morgan fingerprint density at radius 3 is 1.31 bits per heavy atom. The third-order valence-electron chi connectivity index (χ3n) is 21.8. The molecule has 16 aliphatic rings. The molecule has 5 spiro atoms. The van der Waals surface area contributed by atoms with Gasteiger partial charge in [-0.2, -0.15) is 4.99 Å². The van der Waals surface area contributed by atoms with Crippen molar-refractivity contribution in [3.05, 3.63) is 220 Å². The number of rotatable bonds is 3. The number of Topliss-reactive ketones (excluding diaryl/α,β-unsaturated/α-hetero) is 3. The van der Waals surface area contributed by atoms with Crippen LogP contribution >= 0.6 is 0 Å². The van der Waals surface area contributed by atoms with E-state index in [1.165, 1.54) is 44.4 Å². The third-order valence-corrected chi connectivity index (χ3v) is 21.8. The average molecular weight is 1530 g/mol. The summed E-state index contributed by atoms with van der Waals surface area (Å²) >= 11 is 0. The minimum Gasteiger partial charge on any atom is -0.388 e. The lowest BCUT2D eigenvalue weighted by Gasteiger charge is -2.22. The van der Waals surface area contributed by atoms with Crippen molar-refractivity contribution in [3.63, 3.8) is 0 Å². The van der Waals surface area contributed by atoms with Crippen molar-refractivity contribution in [2.75, 3.05) is 0 Å². The smallest absolute Gasteiger partial charge is 0.353 e. The van der Waals surface area contributed by atoms with E-state index in [-0.39, 0.29) is 64.8 Å². The largest absolute Gasteiger partial charge is 0.388 e. The summed E-state index contributed by atoms with van der Waals surface area (Å²) in [4.78, 5) is 131. The van der Waals surface area contributed by atoms with Crippen LogP contribution in [0.3, 0.4) is 0 Å². The highest BCUT2D eigenvalue weighted by molar-refractivity contribution is 6.36. The van der Waals surface area contributed by atoms with E-state index >= 15 is 0 Å². The lowest BCUT2D eigenvalue weighted by atomic mass is 9.91. The van der Waals surface area contributed by atoms with E-state index in [9.17, 15) is 33.6 Å². The number of oxime groups is 8. The third kappa shape index (κ3) is 15.5. The fourth-order valence-electron chi connectivity index (χ4n) is 16.6. The second-order valence-corrected chi connectivity index (χ2v) is 30.8. The molecular formula is C86H88N12O15. The predicted molar refractivity (Wildman–Crippen MR) is 423 cm³/mol. The Morgan fingerprint density at radius 1 is 0.372 bits per heavy atom. The Labute approximate surface area is 653 Å². The molecule has 5 aromatic rings. The van der Waals surface area contributed by atoms with Crippen LogP contribution in [0, 0.1) is 0 Å². The molecule has 0 saturated carbocycles. The highest BCUT2D eigenvalue weighted by Gasteiger charge is 2.59. The van der Waals surface area contributed by atoms with Gasteiger partial charge in [-0.25, -0.2) is 9.69 Å². The number of allylic oxidation sites excluding steroid dienone is 2. The van der Waals surface area contributed by atoms with Gasteiger partial charge in [0.15, 0.2) is 16.8 Å². The van der Waals surface area contributed by atoms with Crippen molar-refractivity contribution in [2.24, 2.45) is 46.2 Å². The summed E-state index contributed by atoms with van der Waals surface area (Å²) in [7, 11) is 0. The van der Waals surface area contributed by atoms with Gasteiger partial charge in [0.2, 0.25) is 47.5 Å². The molecule has 1 fully saturated rings. The molecule has 11 aliphatic heterocycles. The van der Waals surface area contributed by atoms with Crippen LogP contribution in [0.2, 0.25) is 0 Å². The molecule has 0 bridgehead atoms. The maximum Gasteiger partial charge on any atom is 0.353 e. The van der Waals surface area contributed by atoms with E-state index < -0.39 is 29.4 Å². The topological polar surface area (TPSA) is 314 Å². The number of fused-ring (bicyclic) bond motifs is 7. The summed E-state index contributed by atoms with van der Waals surface area (Å²) in [6, 6.07) is 39.4. The number of carbonyl (C=O) groups is 7. The lowest BCUT2D eigenvalue weighted by Crippen LogP contribution is -2.41. The summed E-state index contributed by atoms with van der Waals surface area (Å²) in [5.41, 5.74) is 18.5. The van der Waals surface area contributed by atoms with Gasteiger partial charge in [0.1, 0.15) is 0 Å². The Bertz CT molecular complexity index is 4950. The number of nitrogens with zero attached hydrogens (tertiary/aromatic N) is 12. The SMILES string of the molecule is C=C1C=CC(=O)N1C1CC(C)=NO1.C=C1CCC(=O)N1C1CC(C)=NO1.C=C1C[C@@]2(CC(C)=NO2)c2ccccc21.CC1=NOC(N2C(=O)C=NC2=O)C1.CC1=NOC2(C1)C(=O)c1ccccc1C2=O.CC1=NOC2(C1)Cc1ccccc1C2.CC1=NOC2(C1)Cc1ccccc1C2=O.CC1=NO[C@]2(CCc3ccccc32)C1. The molecule has 21 rings (SSSR count). The molecule has 0 aromatic heterocycles. The van der Waals surface area contributed by atoms with Crippen molar-refractivity contribution in [2.45, 2.75) is 205 Å².